The number of rotatable bonds is 7. The van der Waals surface area contributed by atoms with Gasteiger partial charge in [0, 0.05) is 45.0 Å². The molecular formula is C18H31IN4S. The Morgan fingerprint density at radius 1 is 1.12 bits per heavy atom. The molecule has 0 amide bonds. The van der Waals surface area contributed by atoms with Crippen molar-refractivity contribution in [1.82, 2.24) is 10.2 Å². The predicted molar refractivity (Wildman–Crippen MR) is 119 cm³/mol. The highest BCUT2D eigenvalue weighted by Gasteiger charge is 2.19. The molecule has 24 heavy (non-hydrogen) atoms. The number of benzene rings is 1. The maximum atomic E-state index is 4.81. The quantitative estimate of drug-likeness (QED) is 0.291. The van der Waals surface area contributed by atoms with Crippen LogP contribution in [-0.2, 0) is 0 Å². The molecule has 0 bridgehead atoms. The Hall–Kier alpha value is -0.630. The zero-order chi connectivity index (χ0) is 16.3. The second kappa shape index (κ2) is 12.7. The molecule has 4 nitrogen and oxygen atoms in total. The first-order valence-electron chi connectivity index (χ1n) is 8.67. The summed E-state index contributed by atoms with van der Waals surface area (Å²) in [6, 6.07) is 10.7. The smallest absolute Gasteiger partial charge is 0.194 e. The number of nitrogens with one attached hydrogen (secondary N) is 1. The zero-order valence-electron chi connectivity index (χ0n) is 14.9. The summed E-state index contributed by atoms with van der Waals surface area (Å²) in [6.45, 7) is 8.19. The molecule has 136 valence electrons. The minimum Gasteiger partial charge on any atom is -0.368 e. The van der Waals surface area contributed by atoms with Crippen LogP contribution in [0.15, 0.2) is 35.3 Å². The molecule has 0 spiro atoms. The van der Waals surface area contributed by atoms with E-state index in [9.17, 15) is 0 Å². The van der Waals surface area contributed by atoms with Crippen LogP contribution in [0.3, 0.4) is 0 Å². The van der Waals surface area contributed by atoms with Crippen LogP contribution in [0.2, 0.25) is 0 Å². The Morgan fingerprint density at radius 2 is 1.83 bits per heavy atom. The topological polar surface area (TPSA) is 30.9 Å². The van der Waals surface area contributed by atoms with Crippen LogP contribution in [-0.4, -0.2) is 62.1 Å². The maximum absolute atomic E-state index is 4.81. The van der Waals surface area contributed by atoms with E-state index in [1.165, 1.54) is 24.3 Å². The van der Waals surface area contributed by atoms with E-state index in [1.807, 2.05) is 11.8 Å². The summed E-state index contributed by atoms with van der Waals surface area (Å²) in [7, 11) is 0. The number of piperazine rings is 1. The molecule has 1 fully saturated rings. The van der Waals surface area contributed by atoms with Gasteiger partial charge in [-0.1, -0.05) is 18.2 Å². The minimum atomic E-state index is 0. The fourth-order valence-corrected chi connectivity index (χ4v) is 3.28. The Kier molecular flexibility index (Phi) is 11.3. The highest BCUT2D eigenvalue weighted by atomic mass is 127. The standard InChI is InChI=1S/C18H30N4S.HI/c1-3-19-18(20-11-7-8-16-23-2)22-14-12-21(13-15-22)17-9-5-4-6-10-17;/h4-6,9-10H,3,7-8,11-16H2,1-2H3,(H,19,20);1H. The molecule has 1 heterocycles. The molecule has 2 rings (SSSR count). The van der Waals surface area contributed by atoms with Crippen molar-refractivity contribution in [3.8, 4) is 0 Å². The summed E-state index contributed by atoms with van der Waals surface area (Å²) in [5.74, 6) is 2.33. The largest absolute Gasteiger partial charge is 0.368 e. The first-order chi connectivity index (χ1) is 11.3. The average molecular weight is 462 g/mol. The molecular weight excluding hydrogens is 431 g/mol. The van der Waals surface area contributed by atoms with Crippen LogP contribution < -0.4 is 10.2 Å². The van der Waals surface area contributed by atoms with Crippen molar-refractivity contribution in [1.29, 1.82) is 0 Å². The van der Waals surface area contributed by atoms with Gasteiger partial charge in [0.25, 0.3) is 0 Å². The molecule has 6 heteroatoms. The Bertz CT molecular complexity index is 461. The van der Waals surface area contributed by atoms with Crippen molar-refractivity contribution in [2.45, 2.75) is 19.8 Å². The summed E-state index contributed by atoms with van der Waals surface area (Å²) >= 11 is 1.92. The number of hydrogen-bond donors (Lipinski definition) is 1. The summed E-state index contributed by atoms with van der Waals surface area (Å²) in [6.07, 6.45) is 4.60. The summed E-state index contributed by atoms with van der Waals surface area (Å²) in [5, 5.41) is 3.45. The van der Waals surface area contributed by atoms with Crippen molar-refractivity contribution in [2.75, 3.05) is 56.2 Å². The van der Waals surface area contributed by atoms with Crippen LogP contribution in [0, 0.1) is 0 Å². The molecule has 1 aromatic rings. The van der Waals surface area contributed by atoms with Gasteiger partial charge in [-0.3, -0.25) is 4.99 Å². The van der Waals surface area contributed by atoms with Gasteiger partial charge in [0.15, 0.2) is 5.96 Å². The third kappa shape index (κ3) is 7.09. The maximum Gasteiger partial charge on any atom is 0.194 e. The van der Waals surface area contributed by atoms with Crippen LogP contribution in [0.1, 0.15) is 19.8 Å². The first-order valence-corrected chi connectivity index (χ1v) is 10.1. The van der Waals surface area contributed by atoms with E-state index in [0.29, 0.717) is 0 Å². The third-order valence-electron chi connectivity index (χ3n) is 4.05. The monoisotopic (exact) mass is 462 g/mol. The van der Waals surface area contributed by atoms with E-state index in [4.69, 9.17) is 4.99 Å². The lowest BCUT2D eigenvalue weighted by atomic mass is 10.2. The molecule has 0 unspecified atom stereocenters. The second-order valence-corrected chi connectivity index (χ2v) is 6.73. The van der Waals surface area contributed by atoms with Crippen molar-refractivity contribution in [2.24, 2.45) is 4.99 Å². The zero-order valence-corrected chi connectivity index (χ0v) is 18.1. The highest BCUT2D eigenvalue weighted by molar-refractivity contribution is 14.0. The van der Waals surface area contributed by atoms with Crippen LogP contribution in [0.25, 0.3) is 0 Å². The highest BCUT2D eigenvalue weighted by Crippen LogP contribution is 2.15. The number of guanidine groups is 1. The average Bonchev–Trinajstić information content (AvgIpc) is 2.61. The lowest BCUT2D eigenvalue weighted by molar-refractivity contribution is 0.372. The number of halogens is 1. The van der Waals surface area contributed by atoms with Crippen molar-refractivity contribution in [3.63, 3.8) is 0 Å². The lowest BCUT2D eigenvalue weighted by Gasteiger charge is -2.37. The third-order valence-corrected chi connectivity index (χ3v) is 4.75. The van der Waals surface area contributed by atoms with Crippen LogP contribution in [0.5, 0.6) is 0 Å². The molecule has 0 atom stereocenters. The van der Waals surface area contributed by atoms with Gasteiger partial charge in [0.1, 0.15) is 0 Å². The normalized spacial score (nSPS) is 15.2. The number of aliphatic imine (C=N–C) groups is 1. The Balaban J connectivity index is 0.00000288. The van der Waals surface area contributed by atoms with Gasteiger partial charge in [0.05, 0.1) is 0 Å². The van der Waals surface area contributed by atoms with Gasteiger partial charge < -0.3 is 15.1 Å². The number of para-hydroxylation sites is 1. The molecule has 1 aliphatic heterocycles. The van der Waals surface area contributed by atoms with Gasteiger partial charge in [0.2, 0.25) is 0 Å². The molecule has 1 aliphatic rings. The fraction of sp³-hybridized carbons (Fsp3) is 0.611. The molecule has 1 aromatic carbocycles. The number of unbranched alkanes of at least 4 members (excludes halogenated alkanes) is 1. The van der Waals surface area contributed by atoms with Gasteiger partial charge in [-0.05, 0) is 43.9 Å². The second-order valence-electron chi connectivity index (χ2n) is 5.75. The van der Waals surface area contributed by atoms with Gasteiger partial charge in [-0.15, -0.1) is 24.0 Å². The summed E-state index contributed by atoms with van der Waals surface area (Å²) < 4.78 is 0. The summed E-state index contributed by atoms with van der Waals surface area (Å²) in [5.41, 5.74) is 1.33. The predicted octanol–water partition coefficient (Wildman–Crippen LogP) is 3.54. The van der Waals surface area contributed by atoms with Gasteiger partial charge in [-0.2, -0.15) is 11.8 Å². The molecule has 0 radical (unpaired) electrons. The van der Waals surface area contributed by atoms with Crippen molar-refractivity contribution in [3.05, 3.63) is 30.3 Å². The number of anilines is 1. The lowest BCUT2D eigenvalue weighted by Crippen LogP contribution is -2.52. The Morgan fingerprint density at radius 3 is 2.46 bits per heavy atom. The van der Waals surface area contributed by atoms with Crippen molar-refractivity contribution >= 4 is 47.4 Å². The Labute approximate surface area is 168 Å². The van der Waals surface area contributed by atoms with E-state index in [1.54, 1.807) is 0 Å². The van der Waals surface area contributed by atoms with E-state index in [0.717, 1.165) is 45.2 Å². The van der Waals surface area contributed by atoms with Crippen molar-refractivity contribution < 1.29 is 0 Å². The molecule has 0 aromatic heterocycles. The van der Waals surface area contributed by atoms with Crippen LogP contribution >= 0.6 is 35.7 Å². The minimum absolute atomic E-state index is 0. The van der Waals surface area contributed by atoms with E-state index in [2.05, 4.69) is 58.6 Å². The van der Waals surface area contributed by atoms with Crippen LogP contribution in [0.4, 0.5) is 5.69 Å². The van der Waals surface area contributed by atoms with E-state index in [-0.39, 0.29) is 24.0 Å². The SMILES string of the molecule is CCNC(=NCCCCSC)N1CCN(c2ccccc2)CC1.I. The van der Waals surface area contributed by atoms with Gasteiger partial charge >= 0.3 is 0 Å². The fourth-order valence-electron chi connectivity index (χ4n) is 2.78. The first kappa shape index (κ1) is 21.4. The summed E-state index contributed by atoms with van der Waals surface area (Å²) in [4.78, 5) is 9.67. The van der Waals surface area contributed by atoms with Gasteiger partial charge in [-0.25, -0.2) is 0 Å². The molecule has 0 aliphatic carbocycles. The number of nitrogens with zero attached hydrogens (tertiary/aromatic N) is 3. The number of hydrogen-bond acceptors (Lipinski definition) is 3. The van der Waals surface area contributed by atoms with E-state index < -0.39 is 0 Å². The molecule has 0 saturated carbocycles. The molecule has 1 N–H and O–H groups in total. The van der Waals surface area contributed by atoms with E-state index >= 15 is 0 Å². The number of thioether (sulfide) groups is 1. The molecule has 1 saturated heterocycles.